The maximum Gasteiger partial charge on any atom is 0.422 e. The quantitative estimate of drug-likeness (QED) is 0.556. The molecule has 1 aliphatic carbocycles. The normalized spacial score (nSPS) is 23.4. The van der Waals surface area contributed by atoms with Gasteiger partial charge in [-0.3, -0.25) is 9.58 Å². The second-order valence-corrected chi connectivity index (χ2v) is 7.30. The number of carbonyl (C=O) groups is 2. The summed E-state index contributed by atoms with van der Waals surface area (Å²) in [5.74, 6) is -3.01. The molecule has 0 aromatic carbocycles. The SMILES string of the molecule is Cc1cc(OCCN2CCOC3(C2)OC(=O)C(=O)O3)nn1C1CCCCC1. The number of esters is 2. The third kappa shape index (κ3) is 3.93. The van der Waals surface area contributed by atoms with Gasteiger partial charge in [-0.2, -0.15) is 0 Å². The highest BCUT2D eigenvalue weighted by Gasteiger charge is 2.52. The fourth-order valence-corrected chi connectivity index (χ4v) is 3.93. The number of hydrogen-bond donors (Lipinski definition) is 0. The van der Waals surface area contributed by atoms with E-state index in [1.807, 2.05) is 11.0 Å². The van der Waals surface area contributed by atoms with Crippen molar-refractivity contribution in [2.75, 3.05) is 32.8 Å². The number of hydrogen-bond acceptors (Lipinski definition) is 8. The molecule has 9 heteroatoms. The van der Waals surface area contributed by atoms with E-state index < -0.39 is 17.9 Å². The minimum atomic E-state index is -1.61. The average Bonchev–Trinajstić information content (AvgIpc) is 3.15. The zero-order valence-electron chi connectivity index (χ0n) is 15.5. The molecule has 3 heterocycles. The molecule has 1 aromatic rings. The van der Waals surface area contributed by atoms with Crippen LogP contribution in [0, 0.1) is 6.92 Å². The van der Waals surface area contributed by atoms with Gasteiger partial charge in [-0.1, -0.05) is 19.3 Å². The second kappa shape index (κ2) is 7.47. The number of aromatic nitrogens is 2. The molecule has 0 atom stereocenters. The minimum absolute atomic E-state index is 0.170. The lowest BCUT2D eigenvalue weighted by molar-refractivity contribution is -0.338. The Morgan fingerprint density at radius 2 is 1.96 bits per heavy atom. The molecular formula is C18H25N3O6. The molecule has 2 saturated heterocycles. The number of aryl methyl sites for hydroxylation is 1. The van der Waals surface area contributed by atoms with Gasteiger partial charge in [0.1, 0.15) is 13.2 Å². The Hall–Kier alpha value is -2.13. The molecule has 27 heavy (non-hydrogen) atoms. The molecule has 1 spiro atoms. The van der Waals surface area contributed by atoms with Crippen LogP contribution in [0.4, 0.5) is 0 Å². The van der Waals surface area contributed by atoms with Crippen molar-refractivity contribution in [1.29, 1.82) is 0 Å². The molecule has 9 nitrogen and oxygen atoms in total. The lowest BCUT2D eigenvalue weighted by Gasteiger charge is -2.36. The summed E-state index contributed by atoms with van der Waals surface area (Å²) >= 11 is 0. The van der Waals surface area contributed by atoms with Crippen molar-refractivity contribution in [3.05, 3.63) is 11.8 Å². The van der Waals surface area contributed by atoms with E-state index in [-0.39, 0.29) is 6.54 Å². The van der Waals surface area contributed by atoms with E-state index in [0.717, 1.165) is 5.69 Å². The van der Waals surface area contributed by atoms with Gasteiger partial charge in [-0.05, 0) is 19.8 Å². The van der Waals surface area contributed by atoms with Gasteiger partial charge in [-0.15, -0.1) is 5.10 Å². The molecule has 0 bridgehead atoms. The third-order valence-electron chi connectivity index (χ3n) is 5.29. The van der Waals surface area contributed by atoms with Crippen molar-refractivity contribution >= 4 is 11.9 Å². The summed E-state index contributed by atoms with van der Waals surface area (Å²) in [5.41, 5.74) is 1.12. The van der Waals surface area contributed by atoms with E-state index in [1.54, 1.807) is 0 Å². The summed E-state index contributed by atoms with van der Waals surface area (Å²) in [7, 11) is 0. The smallest absolute Gasteiger partial charge is 0.422 e. The number of carbonyl (C=O) groups excluding carboxylic acids is 2. The first-order chi connectivity index (χ1) is 13.0. The molecule has 0 unspecified atom stereocenters. The average molecular weight is 379 g/mol. The summed E-state index contributed by atoms with van der Waals surface area (Å²) in [4.78, 5) is 24.5. The van der Waals surface area contributed by atoms with Crippen LogP contribution >= 0.6 is 0 Å². The summed E-state index contributed by atoms with van der Waals surface area (Å²) in [5, 5.41) is 4.62. The Bertz CT molecular complexity index is 696. The van der Waals surface area contributed by atoms with Gasteiger partial charge in [-0.25, -0.2) is 9.59 Å². The van der Waals surface area contributed by atoms with Gasteiger partial charge in [0.25, 0.3) is 0 Å². The predicted octanol–water partition coefficient (Wildman–Crippen LogP) is 1.16. The first kappa shape index (κ1) is 18.2. The lowest BCUT2D eigenvalue weighted by Crippen LogP contribution is -2.53. The van der Waals surface area contributed by atoms with Gasteiger partial charge < -0.3 is 18.9 Å². The van der Waals surface area contributed by atoms with Crippen LogP contribution in [-0.2, 0) is 23.8 Å². The van der Waals surface area contributed by atoms with Crippen molar-refractivity contribution < 1.29 is 28.5 Å². The summed E-state index contributed by atoms with van der Waals surface area (Å²) in [6, 6.07) is 2.44. The maximum absolute atomic E-state index is 11.3. The zero-order chi connectivity index (χ0) is 18.9. The molecule has 1 aromatic heterocycles. The van der Waals surface area contributed by atoms with Crippen molar-refractivity contribution in [1.82, 2.24) is 14.7 Å². The van der Waals surface area contributed by atoms with Crippen LogP contribution in [-0.4, -0.2) is 65.4 Å². The molecular weight excluding hydrogens is 354 g/mol. The van der Waals surface area contributed by atoms with Crippen LogP contribution in [0.15, 0.2) is 6.07 Å². The fraction of sp³-hybridized carbons (Fsp3) is 0.722. The molecule has 4 rings (SSSR count). The minimum Gasteiger partial charge on any atom is -0.475 e. The summed E-state index contributed by atoms with van der Waals surface area (Å²) in [6.45, 7) is 4.17. The van der Waals surface area contributed by atoms with Crippen molar-refractivity contribution in [3.63, 3.8) is 0 Å². The number of ether oxygens (including phenoxy) is 4. The van der Waals surface area contributed by atoms with Gasteiger partial charge in [0.15, 0.2) is 0 Å². The molecule has 0 amide bonds. The molecule has 148 valence electrons. The predicted molar refractivity (Wildman–Crippen MR) is 91.9 cm³/mol. The van der Waals surface area contributed by atoms with Crippen LogP contribution < -0.4 is 4.74 Å². The third-order valence-corrected chi connectivity index (χ3v) is 5.29. The van der Waals surface area contributed by atoms with Gasteiger partial charge in [0.05, 0.1) is 12.6 Å². The molecule has 0 radical (unpaired) electrons. The standard InChI is InChI=1S/C18H25N3O6/c1-13-11-15(19-21(13)14-5-3-2-4-6-14)24-9-7-20-8-10-25-18(12-20)26-16(22)17(23)27-18/h11,14H,2-10,12H2,1H3. The Morgan fingerprint density at radius 1 is 1.22 bits per heavy atom. The first-order valence-corrected chi connectivity index (χ1v) is 9.56. The van der Waals surface area contributed by atoms with Crippen molar-refractivity contribution in [3.8, 4) is 5.88 Å². The number of nitrogens with zero attached hydrogens (tertiary/aromatic N) is 3. The van der Waals surface area contributed by atoms with Crippen LogP contribution in [0.3, 0.4) is 0 Å². The maximum atomic E-state index is 11.3. The van der Waals surface area contributed by atoms with E-state index in [1.165, 1.54) is 32.1 Å². The van der Waals surface area contributed by atoms with Gasteiger partial charge in [0, 0.05) is 24.8 Å². The van der Waals surface area contributed by atoms with E-state index in [2.05, 4.69) is 16.7 Å². The molecule has 1 saturated carbocycles. The van der Waals surface area contributed by atoms with Crippen LogP contribution in [0.25, 0.3) is 0 Å². The Morgan fingerprint density at radius 3 is 2.70 bits per heavy atom. The molecule has 3 aliphatic rings. The Kier molecular flexibility index (Phi) is 5.05. The van der Waals surface area contributed by atoms with Crippen LogP contribution in [0.5, 0.6) is 5.88 Å². The molecule has 2 aliphatic heterocycles. The van der Waals surface area contributed by atoms with E-state index in [9.17, 15) is 9.59 Å². The van der Waals surface area contributed by atoms with Crippen molar-refractivity contribution in [2.45, 2.75) is 51.0 Å². The van der Waals surface area contributed by atoms with Gasteiger partial charge in [0.2, 0.25) is 5.88 Å². The highest BCUT2D eigenvalue weighted by molar-refractivity contribution is 6.31. The van der Waals surface area contributed by atoms with E-state index in [0.29, 0.717) is 38.2 Å². The zero-order valence-corrected chi connectivity index (χ0v) is 15.5. The Balaban J connectivity index is 1.28. The Labute approximate surface area is 157 Å². The van der Waals surface area contributed by atoms with Crippen LogP contribution in [0.1, 0.15) is 43.8 Å². The first-order valence-electron chi connectivity index (χ1n) is 9.56. The second-order valence-electron chi connectivity index (χ2n) is 7.30. The number of rotatable bonds is 5. The monoisotopic (exact) mass is 379 g/mol. The van der Waals surface area contributed by atoms with Crippen LogP contribution in [0.2, 0.25) is 0 Å². The molecule has 3 fully saturated rings. The fourth-order valence-electron chi connectivity index (χ4n) is 3.93. The van der Waals surface area contributed by atoms with Gasteiger partial charge >= 0.3 is 17.9 Å². The summed E-state index contributed by atoms with van der Waals surface area (Å²) < 4.78 is 23.2. The number of morpholine rings is 1. The largest absolute Gasteiger partial charge is 0.475 e. The molecule has 0 N–H and O–H groups in total. The van der Waals surface area contributed by atoms with E-state index >= 15 is 0 Å². The highest BCUT2D eigenvalue weighted by atomic mass is 16.9. The lowest BCUT2D eigenvalue weighted by atomic mass is 9.95. The highest BCUT2D eigenvalue weighted by Crippen LogP contribution is 2.30. The van der Waals surface area contributed by atoms with E-state index in [4.69, 9.17) is 18.9 Å². The van der Waals surface area contributed by atoms with Crippen molar-refractivity contribution in [2.24, 2.45) is 0 Å². The summed E-state index contributed by atoms with van der Waals surface area (Å²) in [6.07, 6.45) is 6.18. The topological polar surface area (TPSA) is 92.1 Å².